The Bertz CT molecular complexity index is 1260. The first-order valence-electron chi connectivity index (χ1n) is 10.3. The van der Waals surface area contributed by atoms with E-state index in [4.69, 9.17) is 9.47 Å². The van der Waals surface area contributed by atoms with Crippen molar-refractivity contribution in [1.82, 2.24) is 9.78 Å². The third-order valence-electron chi connectivity index (χ3n) is 5.08. The molecule has 0 bridgehead atoms. The molecule has 0 radical (unpaired) electrons. The number of methoxy groups -OCH3 is 1. The predicted octanol–water partition coefficient (Wildman–Crippen LogP) is 3.91. The highest BCUT2D eigenvalue weighted by Gasteiger charge is 2.18. The first-order valence-corrected chi connectivity index (χ1v) is 10.3. The molecule has 176 valence electrons. The van der Waals surface area contributed by atoms with Crippen LogP contribution in [0.4, 0.5) is 11.4 Å². The van der Waals surface area contributed by atoms with Gasteiger partial charge in [-0.15, -0.1) is 0 Å². The summed E-state index contributed by atoms with van der Waals surface area (Å²) in [6.45, 7) is 4.82. The van der Waals surface area contributed by atoms with Crippen LogP contribution in [-0.4, -0.2) is 40.3 Å². The molecule has 34 heavy (non-hydrogen) atoms. The molecule has 0 unspecified atom stereocenters. The standard InChI is InChI=1S/C24H24N4O6/c1-15-12-21(28(31)32)22(33-4)13-20(15)25-23(29)14-34-24(30)11-10-19-16(2)26-27(17(19)3)18-8-6-5-7-9-18/h5-13H,14H2,1-4H3,(H,25,29)/b11-10+. The van der Waals surface area contributed by atoms with Gasteiger partial charge in [0.05, 0.1) is 23.4 Å². The van der Waals surface area contributed by atoms with E-state index in [-0.39, 0.29) is 11.4 Å². The van der Waals surface area contributed by atoms with E-state index in [2.05, 4.69) is 10.4 Å². The minimum Gasteiger partial charge on any atom is -0.490 e. The molecule has 0 saturated carbocycles. The van der Waals surface area contributed by atoms with Crippen LogP contribution in [-0.2, 0) is 14.3 Å². The average Bonchev–Trinajstić information content (AvgIpc) is 3.10. The number of hydrogen-bond acceptors (Lipinski definition) is 7. The van der Waals surface area contributed by atoms with Crippen LogP contribution >= 0.6 is 0 Å². The lowest BCUT2D eigenvalue weighted by Gasteiger charge is -2.10. The van der Waals surface area contributed by atoms with E-state index in [0.29, 0.717) is 11.3 Å². The first-order chi connectivity index (χ1) is 16.2. The number of esters is 1. The Labute approximate surface area is 196 Å². The van der Waals surface area contributed by atoms with Gasteiger partial charge >= 0.3 is 11.7 Å². The van der Waals surface area contributed by atoms with Gasteiger partial charge in [-0.05, 0) is 44.5 Å². The SMILES string of the molecule is COc1cc(NC(=O)COC(=O)/C=C/c2c(C)nn(-c3ccccc3)c2C)c(C)cc1[N+](=O)[O-]. The number of aromatic nitrogens is 2. The molecule has 0 aliphatic heterocycles. The molecule has 1 amide bonds. The zero-order valence-electron chi connectivity index (χ0n) is 19.2. The fraction of sp³-hybridized carbons (Fsp3) is 0.208. The number of benzene rings is 2. The van der Waals surface area contributed by atoms with E-state index < -0.39 is 23.4 Å². The third-order valence-corrected chi connectivity index (χ3v) is 5.08. The third kappa shape index (κ3) is 5.47. The number of nitro groups is 1. The lowest BCUT2D eigenvalue weighted by Crippen LogP contribution is -2.20. The fourth-order valence-corrected chi connectivity index (χ4v) is 3.35. The normalized spacial score (nSPS) is 10.8. The van der Waals surface area contributed by atoms with Crippen LogP contribution in [0.25, 0.3) is 11.8 Å². The molecule has 0 fully saturated rings. The first kappa shape index (κ1) is 24.2. The molecule has 1 aromatic heterocycles. The fourth-order valence-electron chi connectivity index (χ4n) is 3.35. The number of aryl methyl sites for hydroxylation is 2. The highest BCUT2D eigenvalue weighted by atomic mass is 16.6. The highest BCUT2D eigenvalue weighted by Crippen LogP contribution is 2.32. The number of nitrogens with zero attached hydrogens (tertiary/aromatic N) is 3. The number of amides is 1. The smallest absolute Gasteiger partial charge is 0.331 e. The van der Waals surface area contributed by atoms with Gasteiger partial charge in [-0.1, -0.05) is 18.2 Å². The number of anilines is 1. The van der Waals surface area contributed by atoms with Crippen LogP contribution in [0, 0.1) is 30.9 Å². The van der Waals surface area contributed by atoms with Crippen molar-refractivity contribution in [3.8, 4) is 11.4 Å². The van der Waals surface area contributed by atoms with Gasteiger partial charge in [-0.25, -0.2) is 9.48 Å². The zero-order chi connectivity index (χ0) is 24.8. The molecule has 2 aromatic carbocycles. The van der Waals surface area contributed by atoms with E-state index in [1.54, 1.807) is 17.7 Å². The van der Waals surface area contributed by atoms with E-state index in [1.165, 1.54) is 25.3 Å². The lowest BCUT2D eigenvalue weighted by molar-refractivity contribution is -0.385. The largest absolute Gasteiger partial charge is 0.490 e. The van der Waals surface area contributed by atoms with Crippen LogP contribution in [0.5, 0.6) is 5.75 Å². The van der Waals surface area contributed by atoms with E-state index in [9.17, 15) is 19.7 Å². The number of ether oxygens (including phenoxy) is 2. The molecule has 0 aliphatic rings. The summed E-state index contributed by atoms with van der Waals surface area (Å²) in [5.41, 5.74) is 3.85. The molecule has 1 heterocycles. The van der Waals surface area contributed by atoms with Crippen LogP contribution in [0.3, 0.4) is 0 Å². The molecule has 1 N–H and O–H groups in total. The van der Waals surface area contributed by atoms with Crippen molar-refractivity contribution in [1.29, 1.82) is 0 Å². The number of para-hydroxylation sites is 1. The van der Waals surface area contributed by atoms with E-state index >= 15 is 0 Å². The molecule has 0 aliphatic carbocycles. The van der Waals surface area contributed by atoms with Gasteiger partial charge in [0.1, 0.15) is 0 Å². The van der Waals surface area contributed by atoms with Gasteiger partial charge in [0.25, 0.3) is 5.91 Å². The van der Waals surface area contributed by atoms with Crippen LogP contribution < -0.4 is 10.1 Å². The summed E-state index contributed by atoms with van der Waals surface area (Å²) in [6.07, 6.45) is 2.84. The predicted molar refractivity (Wildman–Crippen MR) is 126 cm³/mol. The number of hydrogen-bond donors (Lipinski definition) is 1. The number of carbonyl (C=O) groups is 2. The van der Waals surface area contributed by atoms with Crippen molar-refractivity contribution in [2.45, 2.75) is 20.8 Å². The molecular formula is C24H24N4O6. The maximum absolute atomic E-state index is 12.2. The van der Waals surface area contributed by atoms with Gasteiger partial charge in [-0.3, -0.25) is 14.9 Å². The van der Waals surface area contributed by atoms with Gasteiger partial charge in [-0.2, -0.15) is 5.10 Å². The van der Waals surface area contributed by atoms with Crippen LogP contribution in [0.15, 0.2) is 48.5 Å². The van der Waals surface area contributed by atoms with E-state index in [0.717, 1.165) is 22.6 Å². The second-order valence-corrected chi connectivity index (χ2v) is 7.42. The monoisotopic (exact) mass is 464 g/mol. The summed E-state index contributed by atoms with van der Waals surface area (Å²) < 4.78 is 11.8. The molecule has 3 rings (SSSR count). The number of nitrogens with one attached hydrogen (secondary N) is 1. The average molecular weight is 464 g/mol. The molecular weight excluding hydrogens is 440 g/mol. The molecule has 0 spiro atoms. The lowest BCUT2D eigenvalue weighted by atomic mass is 10.1. The highest BCUT2D eigenvalue weighted by molar-refractivity contribution is 5.95. The second-order valence-electron chi connectivity index (χ2n) is 7.42. The Morgan fingerprint density at radius 3 is 2.53 bits per heavy atom. The van der Waals surface area contributed by atoms with E-state index in [1.807, 2.05) is 44.2 Å². The summed E-state index contributed by atoms with van der Waals surface area (Å²) in [6, 6.07) is 12.3. The Kier molecular flexibility index (Phi) is 7.42. The zero-order valence-corrected chi connectivity index (χ0v) is 19.2. The van der Waals surface area contributed by atoms with Crippen molar-refractivity contribution < 1.29 is 24.0 Å². The summed E-state index contributed by atoms with van der Waals surface area (Å²) >= 11 is 0. The Morgan fingerprint density at radius 2 is 1.88 bits per heavy atom. The minimum absolute atomic E-state index is 0.00705. The van der Waals surface area contributed by atoms with Crippen molar-refractivity contribution in [2.24, 2.45) is 0 Å². The summed E-state index contributed by atoms with van der Waals surface area (Å²) in [5, 5.41) is 18.2. The van der Waals surface area contributed by atoms with Crippen molar-refractivity contribution in [3.05, 3.63) is 81.2 Å². The van der Waals surface area contributed by atoms with Gasteiger partial charge < -0.3 is 14.8 Å². The molecule has 3 aromatic rings. The Morgan fingerprint density at radius 1 is 1.18 bits per heavy atom. The van der Waals surface area contributed by atoms with Crippen LogP contribution in [0.2, 0.25) is 0 Å². The van der Waals surface area contributed by atoms with Gasteiger partial charge in [0.15, 0.2) is 12.4 Å². The quantitative estimate of drug-likeness (QED) is 0.232. The molecule has 10 nitrogen and oxygen atoms in total. The molecule has 0 atom stereocenters. The summed E-state index contributed by atoms with van der Waals surface area (Å²) in [4.78, 5) is 34.9. The molecule has 0 saturated heterocycles. The summed E-state index contributed by atoms with van der Waals surface area (Å²) in [7, 11) is 1.30. The maximum atomic E-state index is 12.2. The van der Waals surface area contributed by atoms with Crippen molar-refractivity contribution >= 4 is 29.3 Å². The van der Waals surface area contributed by atoms with Crippen LogP contribution in [0.1, 0.15) is 22.5 Å². The maximum Gasteiger partial charge on any atom is 0.331 e. The van der Waals surface area contributed by atoms with Gasteiger partial charge in [0.2, 0.25) is 0 Å². The Balaban J connectivity index is 1.62. The number of carbonyl (C=O) groups excluding carboxylic acids is 2. The topological polar surface area (TPSA) is 126 Å². The molecule has 10 heteroatoms. The van der Waals surface area contributed by atoms with Crippen molar-refractivity contribution in [2.75, 3.05) is 19.0 Å². The summed E-state index contributed by atoms with van der Waals surface area (Å²) in [5.74, 6) is -1.28. The Hall–Kier alpha value is -4.47. The minimum atomic E-state index is -0.695. The number of nitro benzene ring substituents is 1. The number of rotatable bonds is 8. The van der Waals surface area contributed by atoms with Gasteiger partial charge in [0, 0.05) is 35.2 Å². The second kappa shape index (κ2) is 10.4. The van der Waals surface area contributed by atoms with Crippen molar-refractivity contribution in [3.63, 3.8) is 0 Å².